The third kappa shape index (κ3) is 6.95. The summed E-state index contributed by atoms with van der Waals surface area (Å²) in [5.74, 6) is -1.98. The van der Waals surface area contributed by atoms with E-state index in [4.69, 9.17) is 0 Å². The van der Waals surface area contributed by atoms with E-state index in [-0.39, 0.29) is 42.3 Å². The molecule has 2 aliphatic heterocycles. The van der Waals surface area contributed by atoms with Crippen molar-refractivity contribution in [3.63, 3.8) is 0 Å². The average molecular weight is 610 g/mol. The van der Waals surface area contributed by atoms with Crippen molar-refractivity contribution in [2.24, 2.45) is 5.92 Å². The number of benzene rings is 1. The van der Waals surface area contributed by atoms with Crippen LogP contribution in [0.3, 0.4) is 0 Å². The number of hydrogen-bond donors (Lipinski definition) is 3. The Balaban J connectivity index is 1.28. The third-order valence-electron chi connectivity index (χ3n) is 9.42. The van der Waals surface area contributed by atoms with E-state index in [9.17, 15) is 19.2 Å². The fraction of sp³-hybridized carbons (Fsp3) is 0.594. The van der Waals surface area contributed by atoms with E-state index in [1.54, 1.807) is 29.9 Å². The highest BCUT2D eigenvalue weighted by atomic mass is 19.1. The van der Waals surface area contributed by atoms with Crippen LogP contribution in [-0.4, -0.2) is 87.5 Å². The molecule has 2 aromatic rings. The van der Waals surface area contributed by atoms with Crippen LogP contribution < -0.4 is 16.0 Å². The molecule has 0 spiro atoms. The minimum atomic E-state index is -0.830. The number of aryl methyl sites for hydroxylation is 1. The van der Waals surface area contributed by atoms with Crippen molar-refractivity contribution >= 4 is 29.3 Å². The summed E-state index contributed by atoms with van der Waals surface area (Å²) in [6.07, 6.45) is 7.42. The van der Waals surface area contributed by atoms with Gasteiger partial charge in [-0.1, -0.05) is 32.3 Å². The van der Waals surface area contributed by atoms with Crippen molar-refractivity contribution in [3.05, 3.63) is 47.5 Å². The first kappa shape index (κ1) is 31.6. The predicted molar refractivity (Wildman–Crippen MR) is 163 cm³/mol. The van der Waals surface area contributed by atoms with Crippen LogP contribution in [0.2, 0.25) is 0 Å². The number of piperazine rings is 1. The van der Waals surface area contributed by atoms with Crippen molar-refractivity contribution < 1.29 is 23.6 Å². The first-order valence-corrected chi connectivity index (χ1v) is 15.9. The van der Waals surface area contributed by atoms with Crippen molar-refractivity contribution in [1.82, 2.24) is 30.2 Å². The molecule has 238 valence electrons. The van der Waals surface area contributed by atoms with E-state index < -0.39 is 29.7 Å². The van der Waals surface area contributed by atoms with Crippen LogP contribution in [0.1, 0.15) is 74.8 Å². The van der Waals surface area contributed by atoms with Gasteiger partial charge in [0, 0.05) is 50.8 Å². The monoisotopic (exact) mass is 609 g/mol. The van der Waals surface area contributed by atoms with Gasteiger partial charge in [-0.3, -0.25) is 28.8 Å². The number of halogens is 1. The summed E-state index contributed by atoms with van der Waals surface area (Å²) in [7, 11) is 2.05. The van der Waals surface area contributed by atoms with Crippen molar-refractivity contribution in [3.8, 4) is 0 Å². The summed E-state index contributed by atoms with van der Waals surface area (Å²) >= 11 is 0. The number of carbonyl (C=O) groups is 4. The lowest BCUT2D eigenvalue weighted by Gasteiger charge is -2.34. The van der Waals surface area contributed by atoms with E-state index >= 15 is 4.39 Å². The van der Waals surface area contributed by atoms with Gasteiger partial charge in [-0.05, 0) is 62.9 Å². The molecule has 0 unspecified atom stereocenters. The quantitative estimate of drug-likeness (QED) is 0.360. The normalized spacial score (nSPS) is 21.6. The Labute approximate surface area is 257 Å². The molecule has 0 radical (unpaired) electrons. The molecule has 11 nitrogen and oxygen atoms in total. The van der Waals surface area contributed by atoms with Gasteiger partial charge in [0.15, 0.2) is 0 Å². The second-order valence-corrected chi connectivity index (χ2v) is 12.3. The van der Waals surface area contributed by atoms with Gasteiger partial charge in [0.25, 0.3) is 5.91 Å². The van der Waals surface area contributed by atoms with Gasteiger partial charge >= 0.3 is 0 Å². The van der Waals surface area contributed by atoms with Crippen molar-refractivity contribution in [2.75, 3.05) is 25.5 Å². The number of likely N-dealkylation sites (N-methyl/N-ethyl adjacent to an activating group) is 1. The summed E-state index contributed by atoms with van der Waals surface area (Å²) in [5, 5.41) is 12.6. The van der Waals surface area contributed by atoms with Crippen LogP contribution in [-0.2, 0) is 27.3 Å². The lowest BCUT2D eigenvalue weighted by molar-refractivity contribution is -0.138. The maximum atomic E-state index is 15.4. The molecule has 3 heterocycles. The highest BCUT2D eigenvalue weighted by Gasteiger charge is 2.45. The van der Waals surface area contributed by atoms with Crippen molar-refractivity contribution in [2.45, 2.75) is 95.9 Å². The van der Waals surface area contributed by atoms with E-state index in [1.165, 1.54) is 12.1 Å². The van der Waals surface area contributed by atoms with Crippen LogP contribution in [0.25, 0.3) is 0 Å². The zero-order valence-electron chi connectivity index (χ0n) is 25.9. The molecule has 1 aromatic carbocycles. The van der Waals surface area contributed by atoms with Crippen LogP contribution in [0.15, 0.2) is 30.5 Å². The Morgan fingerprint density at radius 3 is 2.43 bits per heavy atom. The summed E-state index contributed by atoms with van der Waals surface area (Å²) in [6.45, 7) is 5.54. The smallest absolute Gasteiger partial charge is 0.270 e. The summed E-state index contributed by atoms with van der Waals surface area (Å²) in [5.41, 5.74) is 0.888. The molecule has 44 heavy (non-hydrogen) atoms. The van der Waals surface area contributed by atoms with Crippen LogP contribution in [0, 0.1) is 11.7 Å². The molecular formula is C32H44FN7O4. The first-order chi connectivity index (χ1) is 21.2. The number of carbonyl (C=O) groups excluding carboxylic acids is 4. The highest BCUT2D eigenvalue weighted by Crippen LogP contribution is 2.31. The minimum Gasteiger partial charge on any atom is -0.344 e. The number of aromatic nitrogens is 2. The first-order valence-electron chi connectivity index (χ1n) is 15.9. The molecule has 3 N–H and O–H groups in total. The molecule has 1 aliphatic carbocycles. The molecular weight excluding hydrogens is 565 g/mol. The van der Waals surface area contributed by atoms with Gasteiger partial charge in [-0.15, -0.1) is 0 Å². The van der Waals surface area contributed by atoms with Gasteiger partial charge in [-0.25, -0.2) is 4.39 Å². The molecule has 2 bridgehead atoms. The molecule has 3 aliphatic rings. The Kier molecular flexibility index (Phi) is 9.97. The van der Waals surface area contributed by atoms with Crippen LogP contribution in [0.5, 0.6) is 0 Å². The molecule has 5 rings (SSSR count). The summed E-state index contributed by atoms with van der Waals surface area (Å²) in [6, 6.07) is 4.85. The highest BCUT2D eigenvalue weighted by molar-refractivity contribution is 6.00. The number of nitrogens with one attached hydrogen (secondary N) is 3. The SMILES string of the molecule is CCC(=O)N[C@H](Cc1ccc(NC(=O)[C@@H](NC(=O)c2ccnn2CC)C2CCCCC2)c(F)c1)C(=O)N1C[C@H]2C[C@@H]1CN2C. The van der Waals surface area contributed by atoms with E-state index in [0.29, 0.717) is 30.4 Å². The number of likely N-dealkylation sites (tertiary alicyclic amines) is 2. The lowest BCUT2D eigenvalue weighted by Crippen LogP contribution is -2.55. The topological polar surface area (TPSA) is 129 Å². The third-order valence-corrected chi connectivity index (χ3v) is 9.42. The average Bonchev–Trinajstić information content (AvgIpc) is 3.76. The van der Waals surface area contributed by atoms with E-state index in [2.05, 4.69) is 33.0 Å². The van der Waals surface area contributed by atoms with E-state index in [1.807, 2.05) is 11.8 Å². The van der Waals surface area contributed by atoms with Crippen LogP contribution in [0.4, 0.5) is 10.1 Å². The predicted octanol–water partition coefficient (Wildman–Crippen LogP) is 2.71. The van der Waals surface area contributed by atoms with Gasteiger partial charge in [0.05, 0.1) is 5.69 Å². The number of hydrogen-bond acceptors (Lipinski definition) is 6. The maximum Gasteiger partial charge on any atom is 0.270 e. The molecule has 1 aromatic heterocycles. The summed E-state index contributed by atoms with van der Waals surface area (Å²) < 4.78 is 17.0. The standard InChI is InChI=1S/C32H44FN7O4/c1-4-28(41)35-26(32(44)39-19-22-17-23(39)18-38(22)3)16-20-11-12-25(24(33)15-20)36-31(43)29(21-9-7-6-8-10-21)37-30(42)27-13-14-34-40(27)5-2/h11-15,21-23,26,29H,4-10,16-19H2,1-3H3,(H,35,41)(H,36,43)(H,37,42)/t22-,23-,26-,29+/m1/s1. The zero-order valence-corrected chi connectivity index (χ0v) is 25.9. The Morgan fingerprint density at radius 2 is 1.80 bits per heavy atom. The second kappa shape index (κ2) is 13.9. The van der Waals surface area contributed by atoms with Gasteiger partial charge < -0.3 is 20.9 Å². The van der Waals surface area contributed by atoms with Crippen molar-refractivity contribution in [1.29, 1.82) is 0 Å². The van der Waals surface area contributed by atoms with E-state index in [0.717, 1.165) is 45.1 Å². The number of anilines is 1. The molecule has 2 saturated heterocycles. The minimum absolute atomic E-state index is 0.00670. The Hall–Kier alpha value is -3.80. The molecule has 4 atom stereocenters. The van der Waals surface area contributed by atoms with Crippen LogP contribution >= 0.6 is 0 Å². The molecule has 12 heteroatoms. The number of rotatable bonds is 11. The largest absolute Gasteiger partial charge is 0.344 e. The maximum absolute atomic E-state index is 15.4. The Bertz CT molecular complexity index is 1370. The fourth-order valence-corrected chi connectivity index (χ4v) is 6.92. The second-order valence-electron chi connectivity index (χ2n) is 12.3. The zero-order chi connectivity index (χ0) is 31.4. The van der Waals surface area contributed by atoms with Gasteiger partial charge in [-0.2, -0.15) is 5.10 Å². The number of fused-ring (bicyclic) bond motifs is 2. The summed E-state index contributed by atoms with van der Waals surface area (Å²) in [4.78, 5) is 56.6. The fourth-order valence-electron chi connectivity index (χ4n) is 6.92. The molecule has 3 fully saturated rings. The number of amides is 4. The lowest BCUT2D eigenvalue weighted by atomic mass is 9.83. The molecule has 1 saturated carbocycles. The van der Waals surface area contributed by atoms with Gasteiger partial charge in [0.2, 0.25) is 17.7 Å². The van der Waals surface area contributed by atoms with Gasteiger partial charge in [0.1, 0.15) is 23.6 Å². The number of nitrogens with zero attached hydrogens (tertiary/aromatic N) is 4. The Morgan fingerprint density at radius 1 is 1.02 bits per heavy atom. The molecule has 4 amide bonds.